The van der Waals surface area contributed by atoms with Crippen molar-refractivity contribution in [1.82, 2.24) is 18.7 Å². The topological polar surface area (TPSA) is 86.2 Å². The minimum absolute atomic E-state index is 0.192. The summed E-state index contributed by atoms with van der Waals surface area (Å²) in [6.07, 6.45) is 3.70. The molecule has 3 heterocycles. The normalized spacial score (nSPS) is 13.7. The molecule has 1 N–H and O–H groups in total. The third-order valence-electron chi connectivity index (χ3n) is 4.36. The minimum atomic E-state index is -0.395. The molecule has 0 saturated carbocycles. The molecule has 0 bridgehead atoms. The van der Waals surface area contributed by atoms with Crippen molar-refractivity contribution >= 4 is 28.9 Å². The first-order valence-electron chi connectivity index (χ1n) is 8.27. The Bertz CT molecular complexity index is 1160. The van der Waals surface area contributed by atoms with Gasteiger partial charge < -0.3 is 0 Å². The van der Waals surface area contributed by atoms with Crippen LogP contribution in [0.25, 0.3) is 17.2 Å². The van der Waals surface area contributed by atoms with E-state index in [1.165, 1.54) is 9.13 Å². The lowest BCUT2D eigenvalue weighted by atomic mass is 10.2. The van der Waals surface area contributed by atoms with E-state index in [4.69, 9.17) is 0 Å². The van der Waals surface area contributed by atoms with E-state index >= 15 is 0 Å². The first-order valence-corrected chi connectivity index (χ1v) is 8.27. The van der Waals surface area contributed by atoms with Gasteiger partial charge in [-0.05, 0) is 12.5 Å². The van der Waals surface area contributed by atoms with Gasteiger partial charge in [-0.1, -0.05) is 42.5 Å². The van der Waals surface area contributed by atoms with Crippen LogP contribution < -0.4 is 16.7 Å². The lowest BCUT2D eigenvalue weighted by molar-refractivity contribution is 0.665. The van der Waals surface area contributed by atoms with Crippen LogP contribution in [0, 0.1) is 0 Å². The molecule has 0 amide bonds. The molecule has 1 aromatic carbocycles. The number of imidazole rings is 1. The lowest BCUT2D eigenvalue weighted by Gasteiger charge is -2.13. The molecule has 0 atom stereocenters. The second kappa shape index (κ2) is 6.14. The summed E-state index contributed by atoms with van der Waals surface area (Å²) in [6.45, 7) is 2.52. The quantitative estimate of drug-likeness (QED) is 0.774. The highest BCUT2D eigenvalue weighted by atomic mass is 16.2. The van der Waals surface area contributed by atoms with Gasteiger partial charge in [-0.15, -0.1) is 0 Å². The highest BCUT2D eigenvalue weighted by molar-refractivity contribution is 5.87. The zero-order chi connectivity index (χ0) is 18.3. The molecule has 3 aromatic rings. The van der Waals surface area contributed by atoms with Crippen molar-refractivity contribution in [3.63, 3.8) is 0 Å². The van der Waals surface area contributed by atoms with Gasteiger partial charge in [0.25, 0.3) is 5.56 Å². The van der Waals surface area contributed by atoms with Crippen molar-refractivity contribution in [3.8, 4) is 0 Å². The summed E-state index contributed by atoms with van der Waals surface area (Å²) in [5, 5.41) is 4.13. The van der Waals surface area contributed by atoms with Gasteiger partial charge in [0.05, 0.1) is 12.3 Å². The van der Waals surface area contributed by atoms with E-state index < -0.39 is 5.69 Å². The van der Waals surface area contributed by atoms with Crippen LogP contribution in [0.2, 0.25) is 0 Å². The monoisotopic (exact) mass is 350 g/mol. The molecule has 8 heteroatoms. The fourth-order valence-corrected chi connectivity index (χ4v) is 3.04. The predicted octanol–water partition coefficient (Wildman–Crippen LogP) is 1.41. The predicted molar refractivity (Wildman–Crippen MR) is 101 cm³/mol. The Morgan fingerprint density at radius 1 is 1.23 bits per heavy atom. The summed E-state index contributed by atoms with van der Waals surface area (Å²) >= 11 is 0. The summed E-state index contributed by atoms with van der Waals surface area (Å²) in [6, 6.07) is 9.73. The highest BCUT2D eigenvalue weighted by Crippen LogP contribution is 2.18. The van der Waals surface area contributed by atoms with Crippen molar-refractivity contribution in [2.75, 3.05) is 5.43 Å². The van der Waals surface area contributed by atoms with Gasteiger partial charge in [0.2, 0.25) is 5.95 Å². The number of benzene rings is 1. The molecule has 26 heavy (non-hydrogen) atoms. The molecule has 1 aliphatic heterocycles. The average Bonchev–Trinajstić information content (AvgIpc) is 3.02. The van der Waals surface area contributed by atoms with Gasteiger partial charge in [-0.25, -0.2) is 10.2 Å². The number of hydrazone groups is 1. The van der Waals surface area contributed by atoms with Crippen molar-refractivity contribution in [1.29, 1.82) is 0 Å². The van der Waals surface area contributed by atoms with E-state index in [1.807, 2.05) is 49.4 Å². The van der Waals surface area contributed by atoms with Crippen LogP contribution in [0.15, 0.2) is 51.1 Å². The van der Waals surface area contributed by atoms with E-state index in [-0.39, 0.29) is 12.1 Å². The molecule has 1 aliphatic rings. The number of fused-ring (bicyclic) bond motifs is 3. The molecule has 4 rings (SSSR count). The zero-order valence-electron chi connectivity index (χ0n) is 14.5. The highest BCUT2D eigenvalue weighted by Gasteiger charge is 2.21. The molecule has 0 radical (unpaired) electrons. The Morgan fingerprint density at radius 2 is 2.00 bits per heavy atom. The van der Waals surface area contributed by atoms with Crippen LogP contribution in [0.3, 0.4) is 0 Å². The Balaban J connectivity index is 1.81. The SMILES string of the molecule is CC1=NNc2nc3c(c(=O)n(C/C=C/c4ccccc4)c(=O)n3C)n2C1. The van der Waals surface area contributed by atoms with E-state index in [0.29, 0.717) is 23.7 Å². The lowest BCUT2D eigenvalue weighted by Crippen LogP contribution is -2.39. The maximum absolute atomic E-state index is 13.0. The number of anilines is 1. The van der Waals surface area contributed by atoms with E-state index in [9.17, 15) is 9.59 Å². The van der Waals surface area contributed by atoms with Gasteiger partial charge in [0.1, 0.15) is 0 Å². The second-order valence-corrected chi connectivity index (χ2v) is 6.22. The molecule has 0 aliphatic carbocycles. The van der Waals surface area contributed by atoms with Crippen molar-refractivity contribution < 1.29 is 0 Å². The average molecular weight is 350 g/mol. The summed E-state index contributed by atoms with van der Waals surface area (Å²) in [7, 11) is 1.62. The molecule has 0 fully saturated rings. The van der Waals surface area contributed by atoms with Crippen molar-refractivity contribution in [2.24, 2.45) is 12.1 Å². The molecule has 0 saturated heterocycles. The smallest absolute Gasteiger partial charge is 0.297 e. The van der Waals surface area contributed by atoms with Crippen LogP contribution in [-0.2, 0) is 20.1 Å². The number of nitrogens with zero attached hydrogens (tertiary/aromatic N) is 5. The number of allylic oxidation sites excluding steroid dienone is 1. The van der Waals surface area contributed by atoms with Crippen LogP contribution in [0.4, 0.5) is 5.95 Å². The first-order chi connectivity index (χ1) is 12.6. The van der Waals surface area contributed by atoms with Crippen LogP contribution >= 0.6 is 0 Å². The Labute approximate surface area is 148 Å². The fourth-order valence-electron chi connectivity index (χ4n) is 3.04. The Hall–Kier alpha value is -3.42. The van der Waals surface area contributed by atoms with Gasteiger partial charge in [0.15, 0.2) is 11.2 Å². The first kappa shape index (κ1) is 16.1. The van der Waals surface area contributed by atoms with Gasteiger partial charge in [-0.3, -0.25) is 18.5 Å². The Kier molecular flexibility index (Phi) is 3.80. The maximum Gasteiger partial charge on any atom is 0.332 e. The third kappa shape index (κ3) is 2.55. The number of hydrogen-bond donors (Lipinski definition) is 1. The number of hydrogen-bond acceptors (Lipinski definition) is 5. The number of aryl methyl sites for hydroxylation is 1. The standard InChI is InChI=1S/C18H18N6O2/c1-12-11-24-14-15(19-17(24)21-20-12)22(2)18(26)23(16(14)25)10-6-9-13-7-4-3-5-8-13/h3-9H,10-11H2,1-2H3,(H,19,21)/b9-6+. The van der Waals surface area contributed by atoms with Crippen LogP contribution in [0.5, 0.6) is 0 Å². The maximum atomic E-state index is 13.0. The molecular weight excluding hydrogens is 332 g/mol. The molecule has 0 spiro atoms. The summed E-state index contributed by atoms with van der Waals surface area (Å²) < 4.78 is 4.38. The van der Waals surface area contributed by atoms with Crippen LogP contribution in [0.1, 0.15) is 12.5 Å². The fraction of sp³-hybridized carbons (Fsp3) is 0.222. The third-order valence-corrected chi connectivity index (χ3v) is 4.36. The van der Waals surface area contributed by atoms with Crippen LogP contribution in [-0.4, -0.2) is 24.4 Å². The number of rotatable bonds is 3. The van der Waals surface area contributed by atoms with Gasteiger partial charge in [-0.2, -0.15) is 10.1 Å². The Morgan fingerprint density at radius 3 is 2.77 bits per heavy atom. The second-order valence-electron chi connectivity index (χ2n) is 6.22. The zero-order valence-corrected chi connectivity index (χ0v) is 14.5. The van der Waals surface area contributed by atoms with E-state index in [2.05, 4.69) is 15.5 Å². The van der Waals surface area contributed by atoms with Crippen molar-refractivity contribution in [2.45, 2.75) is 20.0 Å². The van der Waals surface area contributed by atoms with E-state index in [0.717, 1.165) is 11.3 Å². The molecule has 8 nitrogen and oxygen atoms in total. The van der Waals surface area contributed by atoms with Crippen molar-refractivity contribution in [3.05, 3.63) is 62.8 Å². The number of aromatic nitrogens is 4. The molecule has 0 unspecified atom stereocenters. The summed E-state index contributed by atoms with van der Waals surface area (Å²) in [4.78, 5) is 29.9. The number of nitrogens with one attached hydrogen (secondary N) is 1. The minimum Gasteiger partial charge on any atom is -0.297 e. The summed E-state index contributed by atoms with van der Waals surface area (Å²) in [5.74, 6) is 0.468. The largest absolute Gasteiger partial charge is 0.332 e. The molecular formula is C18H18N6O2. The molecule has 132 valence electrons. The van der Waals surface area contributed by atoms with E-state index in [1.54, 1.807) is 11.6 Å². The molecule has 2 aromatic heterocycles. The van der Waals surface area contributed by atoms with Gasteiger partial charge >= 0.3 is 5.69 Å². The van der Waals surface area contributed by atoms with Gasteiger partial charge in [0, 0.05) is 13.6 Å². The summed E-state index contributed by atoms with van der Waals surface area (Å²) in [5.41, 5.74) is 4.68.